The number of anilines is 1. The van der Waals surface area contributed by atoms with Gasteiger partial charge in [0.15, 0.2) is 0 Å². The van der Waals surface area contributed by atoms with E-state index < -0.39 is 0 Å². The zero-order chi connectivity index (χ0) is 17.1. The Morgan fingerprint density at radius 1 is 1.08 bits per heavy atom. The van der Waals surface area contributed by atoms with E-state index in [0.29, 0.717) is 0 Å². The van der Waals surface area contributed by atoms with Crippen molar-refractivity contribution in [2.24, 2.45) is 0 Å². The van der Waals surface area contributed by atoms with E-state index >= 15 is 0 Å². The first kappa shape index (κ1) is 16.2. The number of carbonyl (C=O) groups is 1. The number of aryl methyl sites for hydroxylation is 2. The molecule has 124 valence electrons. The van der Waals surface area contributed by atoms with E-state index in [1.54, 1.807) is 6.07 Å². The molecule has 0 fully saturated rings. The molecule has 0 bridgehead atoms. The summed E-state index contributed by atoms with van der Waals surface area (Å²) in [5, 5.41) is 3.86. The number of hydrogen-bond acceptors (Lipinski definition) is 1. The molecule has 1 aromatic heterocycles. The van der Waals surface area contributed by atoms with Gasteiger partial charge in [-0.2, -0.15) is 0 Å². The number of nitrogens with zero attached hydrogens (tertiary/aromatic N) is 1. The van der Waals surface area contributed by atoms with Crippen molar-refractivity contribution in [1.82, 2.24) is 4.57 Å². The second kappa shape index (κ2) is 6.87. The van der Waals surface area contributed by atoms with Crippen LogP contribution < -0.4 is 5.32 Å². The summed E-state index contributed by atoms with van der Waals surface area (Å²) in [5.41, 5.74) is 4.06. The lowest BCUT2D eigenvalue weighted by Crippen LogP contribution is -2.20. The summed E-state index contributed by atoms with van der Waals surface area (Å²) in [7, 11) is 0. The monoisotopic (exact) mass is 324 g/mol. The zero-order valence-corrected chi connectivity index (χ0v) is 14.0. The zero-order valence-electron chi connectivity index (χ0n) is 14.0. The molecule has 2 aromatic carbocycles. The van der Waals surface area contributed by atoms with Crippen molar-refractivity contribution in [3.8, 4) is 0 Å². The van der Waals surface area contributed by atoms with Gasteiger partial charge in [0.2, 0.25) is 5.91 Å². The topological polar surface area (TPSA) is 34.0 Å². The van der Waals surface area contributed by atoms with Crippen LogP contribution in [0.25, 0.3) is 10.9 Å². The maximum absolute atomic E-state index is 13.3. The van der Waals surface area contributed by atoms with Crippen LogP contribution in [0.2, 0.25) is 0 Å². The number of benzene rings is 2. The third kappa shape index (κ3) is 3.18. The molecular formula is C20H21FN2O. The number of carbonyl (C=O) groups excluding carboxylic acids is 1. The minimum atomic E-state index is -0.269. The van der Waals surface area contributed by atoms with Crippen molar-refractivity contribution in [2.75, 3.05) is 5.32 Å². The van der Waals surface area contributed by atoms with Crippen LogP contribution in [0.3, 0.4) is 0 Å². The predicted molar refractivity (Wildman–Crippen MR) is 95.7 cm³/mol. The Morgan fingerprint density at radius 3 is 2.46 bits per heavy atom. The molecule has 1 N–H and O–H groups in total. The number of hydrogen-bond donors (Lipinski definition) is 1. The van der Waals surface area contributed by atoms with Gasteiger partial charge in [0.25, 0.3) is 0 Å². The first-order chi connectivity index (χ1) is 11.6. The Hall–Kier alpha value is -2.62. The largest absolute Gasteiger partial charge is 0.338 e. The van der Waals surface area contributed by atoms with Gasteiger partial charge in [-0.15, -0.1) is 0 Å². The molecule has 1 amide bonds. The smallest absolute Gasteiger partial charge is 0.244 e. The molecule has 24 heavy (non-hydrogen) atoms. The molecule has 3 rings (SSSR count). The number of amides is 1. The van der Waals surface area contributed by atoms with E-state index in [1.165, 1.54) is 12.1 Å². The highest BCUT2D eigenvalue weighted by Gasteiger charge is 2.11. The van der Waals surface area contributed by atoms with Crippen molar-refractivity contribution < 1.29 is 9.18 Å². The minimum Gasteiger partial charge on any atom is -0.338 e. The Morgan fingerprint density at radius 2 is 1.79 bits per heavy atom. The molecule has 0 aliphatic rings. The van der Waals surface area contributed by atoms with Crippen molar-refractivity contribution >= 4 is 22.5 Å². The highest BCUT2D eigenvalue weighted by atomic mass is 19.1. The number of rotatable bonds is 5. The first-order valence-electron chi connectivity index (χ1n) is 8.27. The molecule has 0 aliphatic carbocycles. The van der Waals surface area contributed by atoms with Gasteiger partial charge in [0.1, 0.15) is 12.4 Å². The standard InChI is InChI=1S/C20H21FN2O/c1-3-14-6-5-7-15(4-2)20(14)22-19(24)13-23-11-10-16-12-17(21)8-9-18(16)23/h5-12H,3-4,13H2,1-2H3,(H,22,24). The normalized spacial score (nSPS) is 11.0. The Labute approximate surface area is 141 Å². The van der Waals surface area contributed by atoms with Crippen LogP contribution in [0.5, 0.6) is 0 Å². The molecule has 0 saturated carbocycles. The van der Waals surface area contributed by atoms with Crippen molar-refractivity contribution in [3.05, 3.63) is 65.6 Å². The summed E-state index contributed by atoms with van der Waals surface area (Å²) in [4.78, 5) is 12.5. The average molecular weight is 324 g/mol. The lowest BCUT2D eigenvalue weighted by atomic mass is 10.0. The van der Waals surface area contributed by atoms with E-state index in [2.05, 4.69) is 19.2 Å². The molecule has 3 aromatic rings. The maximum Gasteiger partial charge on any atom is 0.244 e. The van der Waals surface area contributed by atoms with E-state index in [9.17, 15) is 9.18 Å². The van der Waals surface area contributed by atoms with Gasteiger partial charge in [-0.3, -0.25) is 4.79 Å². The Bertz CT molecular complexity index is 860. The molecule has 0 saturated heterocycles. The number of fused-ring (bicyclic) bond motifs is 1. The van der Waals surface area contributed by atoms with Gasteiger partial charge in [-0.25, -0.2) is 4.39 Å². The summed E-state index contributed by atoms with van der Waals surface area (Å²) in [6, 6.07) is 12.5. The lowest BCUT2D eigenvalue weighted by Gasteiger charge is -2.15. The molecule has 3 nitrogen and oxygen atoms in total. The second-order valence-corrected chi connectivity index (χ2v) is 5.85. The van der Waals surface area contributed by atoms with E-state index in [-0.39, 0.29) is 18.3 Å². The summed E-state index contributed by atoms with van der Waals surface area (Å²) < 4.78 is 15.1. The van der Waals surface area contributed by atoms with Crippen LogP contribution in [0, 0.1) is 5.82 Å². The Kier molecular flexibility index (Phi) is 4.65. The van der Waals surface area contributed by atoms with Gasteiger partial charge < -0.3 is 9.88 Å². The number of nitrogens with one attached hydrogen (secondary N) is 1. The Balaban J connectivity index is 1.83. The van der Waals surface area contributed by atoms with Gasteiger partial charge >= 0.3 is 0 Å². The van der Waals surface area contributed by atoms with Gasteiger partial charge in [-0.05, 0) is 48.2 Å². The quantitative estimate of drug-likeness (QED) is 0.734. The van der Waals surface area contributed by atoms with E-state index in [1.807, 2.05) is 35.0 Å². The second-order valence-electron chi connectivity index (χ2n) is 5.85. The first-order valence-corrected chi connectivity index (χ1v) is 8.27. The highest BCUT2D eigenvalue weighted by Crippen LogP contribution is 2.23. The van der Waals surface area contributed by atoms with Crippen LogP contribution in [0.1, 0.15) is 25.0 Å². The average Bonchev–Trinajstić information content (AvgIpc) is 2.96. The molecule has 1 heterocycles. The van der Waals surface area contributed by atoms with Gasteiger partial charge in [-0.1, -0.05) is 32.0 Å². The maximum atomic E-state index is 13.3. The van der Waals surface area contributed by atoms with Crippen LogP contribution >= 0.6 is 0 Å². The van der Waals surface area contributed by atoms with Crippen LogP contribution in [-0.4, -0.2) is 10.5 Å². The van der Waals surface area contributed by atoms with Crippen LogP contribution in [0.15, 0.2) is 48.7 Å². The molecule has 0 aliphatic heterocycles. The van der Waals surface area contributed by atoms with Gasteiger partial charge in [0.05, 0.1) is 0 Å². The third-order valence-electron chi connectivity index (χ3n) is 4.31. The minimum absolute atomic E-state index is 0.0765. The number of para-hydroxylation sites is 1. The van der Waals surface area contributed by atoms with E-state index in [0.717, 1.165) is 40.6 Å². The highest BCUT2D eigenvalue weighted by molar-refractivity contribution is 5.93. The third-order valence-corrected chi connectivity index (χ3v) is 4.31. The van der Waals surface area contributed by atoms with E-state index in [4.69, 9.17) is 0 Å². The van der Waals surface area contributed by atoms with Crippen molar-refractivity contribution in [2.45, 2.75) is 33.2 Å². The van der Waals surface area contributed by atoms with Crippen LogP contribution in [-0.2, 0) is 24.2 Å². The number of halogens is 1. The van der Waals surface area contributed by atoms with Crippen molar-refractivity contribution in [3.63, 3.8) is 0 Å². The molecule has 0 unspecified atom stereocenters. The summed E-state index contributed by atoms with van der Waals surface area (Å²) >= 11 is 0. The summed E-state index contributed by atoms with van der Waals surface area (Å²) in [5.74, 6) is -0.346. The lowest BCUT2D eigenvalue weighted by molar-refractivity contribution is -0.116. The fraction of sp³-hybridized carbons (Fsp3) is 0.250. The summed E-state index contributed by atoms with van der Waals surface area (Å²) in [6.45, 7) is 4.37. The molecule has 0 atom stereocenters. The van der Waals surface area contributed by atoms with Crippen LogP contribution in [0.4, 0.5) is 10.1 Å². The van der Waals surface area contributed by atoms with Gasteiger partial charge in [0, 0.05) is 22.8 Å². The van der Waals surface area contributed by atoms with Crippen molar-refractivity contribution in [1.29, 1.82) is 0 Å². The molecule has 0 radical (unpaired) electrons. The predicted octanol–water partition coefficient (Wildman–Crippen LogP) is 4.54. The molecular weight excluding hydrogens is 303 g/mol. The summed E-state index contributed by atoms with van der Waals surface area (Å²) in [6.07, 6.45) is 3.56. The molecule has 0 spiro atoms. The fourth-order valence-electron chi connectivity index (χ4n) is 3.05. The SMILES string of the molecule is CCc1cccc(CC)c1NC(=O)Cn1ccc2cc(F)ccc21. The molecule has 4 heteroatoms. The number of aromatic nitrogens is 1. The fourth-order valence-corrected chi connectivity index (χ4v) is 3.05.